The number of carboxylic acid groups (broad SMARTS) is 1. The fourth-order valence-electron chi connectivity index (χ4n) is 2.74. The summed E-state index contributed by atoms with van der Waals surface area (Å²) in [5.74, 6) is -2.38. The van der Waals surface area contributed by atoms with Gasteiger partial charge in [0.1, 0.15) is 5.78 Å². The number of hydrogen-bond acceptors (Lipinski definition) is 7. The molecule has 0 bridgehead atoms. The molecule has 1 amide bonds. The first-order chi connectivity index (χ1) is 12.2. The summed E-state index contributed by atoms with van der Waals surface area (Å²) in [6, 6.07) is 0. The zero-order valence-corrected chi connectivity index (χ0v) is 15.4. The highest BCUT2D eigenvalue weighted by Crippen LogP contribution is 2.32. The van der Waals surface area contributed by atoms with Crippen molar-refractivity contribution in [1.29, 1.82) is 0 Å². The molecule has 2 N–H and O–H groups in total. The Morgan fingerprint density at radius 2 is 1.54 bits per heavy atom. The first-order valence-electron chi connectivity index (χ1n) is 9.11. The van der Waals surface area contributed by atoms with Crippen LogP contribution in [0.1, 0.15) is 65.2 Å². The normalized spacial score (nSPS) is 19.0. The molecule has 0 saturated carbocycles. The van der Waals surface area contributed by atoms with E-state index in [1.165, 1.54) is 0 Å². The quantitative estimate of drug-likeness (QED) is 0.458. The second kappa shape index (κ2) is 8.46. The largest absolute Gasteiger partial charge is 0.481 e. The van der Waals surface area contributed by atoms with Gasteiger partial charge in [-0.15, -0.1) is 0 Å². The number of aliphatic carboxylic acids is 1. The second-order valence-electron chi connectivity index (χ2n) is 7.47. The van der Waals surface area contributed by atoms with Gasteiger partial charge in [-0.05, 0) is 33.1 Å². The van der Waals surface area contributed by atoms with Gasteiger partial charge in [-0.2, -0.15) is 20.5 Å². The Bertz CT molecular complexity index is 604. The van der Waals surface area contributed by atoms with Gasteiger partial charge in [-0.25, -0.2) is 0 Å². The average molecular weight is 365 g/mol. The molecule has 0 spiro atoms. The van der Waals surface area contributed by atoms with Crippen LogP contribution in [0.2, 0.25) is 0 Å². The minimum Gasteiger partial charge on any atom is -0.481 e. The van der Waals surface area contributed by atoms with Gasteiger partial charge in [0.25, 0.3) is 0 Å². The van der Waals surface area contributed by atoms with Crippen molar-refractivity contribution < 1.29 is 19.5 Å². The fraction of sp³-hybridized carbons (Fsp3) is 0.824. The number of Topliss-reactive ketones (excluding diaryl/α,β-unsaturated/α-hetero) is 1. The molecule has 0 saturated heterocycles. The van der Waals surface area contributed by atoms with Gasteiger partial charge in [0.05, 0.1) is 12.3 Å². The van der Waals surface area contributed by atoms with Crippen molar-refractivity contribution in [3.63, 3.8) is 0 Å². The lowest BCUT2D eigenvalue weighted by atomic mass is 9.95. The van der Waals surface area contributed by atoms with E-state index in [4.69, 9.17) is 5.11 Å². The van der Waals surface area contributed by atoms with Crippen LogP contribution in [0, 0.1) is 5.92 Å². The monoisotopic (exact) mass is 365 g/mol. The molecule has 1 atom stereocenters. The summed E-state index contributed by atoms with van der Waals surface area (Å²) in [5.41, 5.74) is -0.615. The molecular weight excluding hydrogens is 338 g/mol. The molecule has 144 valence electrons. The summed E-state index contributed by atoms with van der Waals surface area (Å²) in [5, 5.41) is 27.3. The number of unbranched alkanes of at least 4 members (excludes halogenated alkanes) is 2. The Balaban J connectivity index is 1.64. The summed E-state index contributed by atoms with van der Waals surface area (Å²) in [6.07, 6.45) is 4.03. The van der Waals surface area contributed by atoms with E-state index in [1.54, 1.807) is 0 Å². The highest BCUT2D eigenvalue weighted by atomic mass is 16.4. The predicted molar refractivity (Wildman–Crippen MR) is 92.6 cm³/mol. The van der Waals surface area contributed by atoms with Crippen LogP contribution in [-0.2, 0) is 14.4 Å². The summed E-state index contributed by atoms with van der Waals surface area (Å²) in [4.78, 5) is 35.3. The SMILES string of the molecule is CC1(CCCCCC(=O)C[C@@H](CC(=O)O)C(=O)NCCC2(C)N=N2)N=N1. The molecule has 0 aromatic carbocycles. The van der Waals surface area contributed by atoms with E-state index >= 15 is 0 Å². The standard InChI is InChI=1S/C17H27N5O4/c1-16(19-20-16)7-5-3-4-6-13(23)10-12(11-14(24)25)15(26)18-9-8-17(2)21-22-17/h12H,3-11H2,1-2H3,(H,18,26)(H,24,25)/t12-/m0/s1. The molecule has 2 rings (SSSR count). The molecule has 9 heteroatoms. The summed E-state index contributed by atoms with van der Waals surface area (Å²) < 4.78 is 0. The number of ketones is 1. The third kappa shape index (κ3) is 7.37. The molecule has 2 aliphatic heterocycles. The van der Waals surface area contributed by atoms with Gasteiger partial charge < -0.3 is 10.4 Å². The Morgan fingerprint density at radius 1 is 0.923 bits per heavy atom. The maximum atomic E-state index is 12.2. The number of nitrogens with zero attached hydrogens (tertiary/aromatic N) is 4. The number of amides is 1. The third-order valence-electron chi connectivity index (χ3n) is 4.65. The number of carboxylic acids is 1. The predicted octanol–water partition coefficient (Wildman–Crippen LogP) is 2.86. The zero-order valence-electron chi connectivity index (χ0n) is 15.4. The molecule has 0 fully saturated rings. The summed E-state index contributed by atoms with van der Waals surface area (Å²) in [6.45, 7) is 4.18. The van der Waals surface area contributed by atoms with Crippen LogP contribution in [0.5, 0.6) is 0 Å². The maximum Gasteiger partial charge on any atom is 0.304 e. The molecule has 2 heterocycles. The number of nitrogens with one attached hydrogen (secondary N) is 1. The first-order valence-corrected chi connectivity index (χ1v) is 9.11. The van der Waals surface area contributed by atoms with Gasteiger partial charge in [-0.1, -0.05) is 6.42 Å². The van der Waals surface area contributed by atoms with Crippen molar-refractivity contribution in [1.82, 2.24) is 5.32 Å². The van der Waals surface area contributed by atoms with Crippen molar-refractivity contribution in [3.8, 4) is 0 Å². The van der Waals surface area contributed by atoms with Crippen molar-refractivity contribution >= 4 is 17.7 Å². The van der Waals surface area contributed by atoms with Crippen LogP contribution in [0.3, 0.4) is 0 Å². The van der Waals surface area contributed by atoms with Crippen molar-refractivity contribution in [2.45, 2.75) is 76.5 Å². The van der Waals surface area contributed by atoms with Gasteiger partial charge in [0.2, 0.25) is 5.91 Å². The van der Waals surface area contributed by atoms with Crippen LogP contribution in [0.25, 0.3) is 0 Å². The van der Waals surface area contributed by atoms with Gasteiger partial charge >= 0.3 is 5.97 Å². The molecule has 0 aromatic rings. The van der Waals surface area contributed by atoms with Crippen LogP contribution < -0.4 is 5.32 Å². The van der Waals surface area contributed by atoms with Gasteiger partial charge in [-0.3, -0.25) is 14.4 Å². The summed E-state index contributed by atoms with van der Waals surface area (Å²) in [7, 11) is 0. The lowest BCUT2D eigenvalue weighted by Crippen LogP contribution is -2.35. The maximum absolute atomic E-state index is 12.2. The summed E-state index contributed by atoms with van der Waals surface area (Å²) >= 11 is 0. The molecule has 0 radical (unpaired) electrons. The van der Waals surface area contributed by atoms with Crippen molar-refractivity contribution in [2.24, 2.45) is 26.4 Å². The van der Waals surface area contributed by atoms with Crippen LogP contribution in [-0.4, -0.2) is 40.6 Å². The molecule has 9 nitrogen and oxygen atoms in total. The fourth-order valence-corrected chi connectivity index (χ4v) is 2.74. The minimum absolute atomic E-state index is 0.0352. The minimum atomic E-state index is -1.08. The molecule has 0 aromatic heterocycles. The van der Waals surface area contributed by atoms with E-state index in [1.807, 2.05) is 13.8 Å². The molecular formula is C17H27N5O4. The topological polar surface area (TPSA) is 133 Å². The second-order valence-corrected chi connectivity index (χ2v) is 7.47. The van der Waals surface area contributed by atoms with Crippen LogP contribution in [0.4, 0.5) is 0 Å². The van der Waals surface area contributed by atoms with E-state index < -0.39 is 23.5 Å². The lowest BCUT2D eigenvalue weighted by molar-refractivity contribution is -0.141. The van der Waals surface area contributed by atoms with Gasteiger partial charge in [0.15, 0.2) is 11.3 Å². The average Bonchev–Trinajstić information content (AvgIpc) is 3.46. The number of hydrogen-bond donors (Lipinski definition) is 2. The smallest absolute Gasteiger partial charge is 0.304 e. The van der Waals surface area contributed by atoms with E-state index in [0.29, 0.717) is 19.4 Å². The Hall–Kier alpha value is -2.19. The molecule has 0 unspecified atom stereocenters. The van der Waals surface area contributed by atoms with E-state index in [0.717, 1.165) is 25.7 Å². The number of rotatable bonds is 14. The van der Waals surface area contributed by atoms with Crippen molar-refractivity contribution in [3.05, 3.63) is 0 Å². The van der Waals surface area contributed by atoms with Crippen molar-refractivity contribution in [2.75, 3.05) is 6.54 Å². The van der Waals surface area contributed by atoms with E-state index in [-0.39, 0.29) is 24.3 Å². The van der Waals surface area contributed by atoms with Gasteiger partial charge in [0, 0.05) is 25.8 Å². The Morgan fingerprint density at radius 3 is 2.12 bits per heavy atom. The highest BCUT2D eigenvalue weighted by molar-refractivity contribution is 5.89. The molecule has 26 heavy (non-hydrogen) atoms. The van der Waals surface area contributed by atoms with Crippen LogP contribution in [0.15, 0.2) is 20.5 Å². The lowest BCUT2D eigenvalue weighted by Gasteiger charge is -2.15. The number of carbonyl (C=O) groups excluding carboxylic acids is 2. The Kier molecular flexibility index (Phi) is 6.55. The Labute approximate surface area is 152 Å². The molecule has 0 aliphatic carbocycles. The zero-order chi connectivity index (χ0) is 19.2. The van der Waals surface area contributed by atoms with Crippen LogP contribution >= 0.6 is 0 Å². The first kappa shape index (κ1) is 20.1. The third-order valence-corrected chi connectivity index (χ3v) is 4.65. The number of carbonyl (C=O) groups is 3. The van der Waals surface area contributed by atoms with E-state index in [2.05, 4.69) is 25.8 Å². The highest BCUT2D eigenvalue weighted by Gasteiger charge is 2.34. The van der Waals surface area contributed by atoms with E-state index in [9.17, 15) is 14.4 Å². The molecule has 2 aliphatic rings.